The molecule has 0 radical (unpaired) electrons. The third kappa shape index (κ3) is 4.91. The van der Waals surface area contributed by atoms with Crippen molar-refractivity contribution in [3.63, 3.8) is 0 Å². The van der Waals surface area contributed by atoms with Crippen LogP contribution in [0.3, 0.4) is 0 Å². The van der Waals surface area contributed by atoms with Gasteiger partial charge in [0, 0.05) is 42.6 Å². The topological polar surface area (TPSA) is 35.6 Å². The van der Waals surface area contributed by atoms with Gasteiger partial charge in [0.25, 0.3) is 0 Å². The molecule has 1 amide bonds. The van der Waals surface area contributed by atoms with Crippen LogP contribution in [0.15, 0.2) is 42.5 Å². The average molecular weight is 392 g/mol. The van der Waals surface area contributed by atoms with Crippen LogP contribution in [0, 0.1) is 0 Å². The van der Waals surface area contributed by atoms with Crippen molar-refractivity contribution in [2.45, 2.75) is 12.8 Å². The summed E-state index contributed by atoms with van der Waals surface area (Å²) >= 11 is 12.3. The minimum Gasteiger partial charge on any atom is -0.367 e. The molecule has 2 aromatic rings. The van der Waals surface area contributed by atoms with Gasteiger partial charge in [-0.25, -0.2) is 0 Å². The predicted molar refractivity (Wildman–Crippen MR) is 110 cm³/mol. The van der Waals surface area contributed by atoms with Crippen LogP contribution in [-0.2, 0) is 11.2 Å². The first-order chi connectivity index (χ1) is 12.5. The number of carbonyl (C=O) groups is 1. The highest BCUT2D eigenvalue weighted by Gasteiger charge is 2.18. The molecule has 0 spiro atoms. The van der Waals surface area contributed by atoms with Crippen LogP contribution >= 0.6 is 23.2 Å². The molecule has 0 atom stereocenters. The molecule has 1 aliphatic heterocycles. The Bertz CT molecular complexity index is 773. The number of nitrogens with zero attached hydrogens (tertiary/aromatic N) is 2. The Labute approximate surface area is 164 Å². The number of benzene rings is 2. The summed E-state index contributed by atoms with van der Waals surface area (Å²) in [6, 6.07) is 13.3. The van der Waals surface area contributed by atoms with Crippen molar-refractivity contribution < 1.29 is 4.79 Å². The van der Waals surface area contributed by atoms with E-state index in [-0.39, 0.29) is 5.91 Å². The van der Waals surface area contributed by atoms with Gasteiger partial charge in [-0.3, -0.25) is 4.79 Å². The Morgan fingerprint density at radius 1 is 1.08 bits per heavy atom. The van der Waals surface area contributed by atoms with Gasteiger partial charge in [0.1, 0.15) is 0 Å². The monoisotopic (exact) mass is 391 g/mol. The first-order valence-electron chi connectivity index (χ1n) is 8.79. The SMILES string of the molecule is CN1CCN(c2ccc(Cl)cc2NC(=O)CCc2ccccc2Cl)CC1. The number of carbonyl (C=O) groups excluding carboxylic acids is 1. The number of aryl methyl sites for hydroxylation is 1. The van der Waals surface area contributed by atoms with E-state index < -0.39 is 0 Å². The van der Waals surface area contributed by atoms with Gasteiger partial charge in [-0.05, 0) is 43.3 Å². The molecule has 138 valence electrons. The smallest absolute Gasteiger partial charge is 0.224 e. The lowest BCUT2D eigenvalue weighted by molar-refractivity contribution is -0.116. The Kier molecular flexibility index (Phi) is 6.41. The number of rotatable bonds is 5. The van der Waals surface area contributed by atoms with Crippen LogP contribution in [0.4, 0.5) is 11.4 Å². The average Bonchev–Trinajstić information content (AvgIpc) is 2.62. The molecule has 0 unspecified atom stereocenters. The van der Waals surface area contributed by atoms with Gasteiger partial charge >= 0.3 is 0 Å². The summed E-state index contributed by atoms with van der Waals surface area (Å²) in [5.74, 6) is -0.0393. The van der Waals surface area contributed by atoms with Gasteiger partial charge in [-0.2, -0.15) is 0 Å². The fraction of sp³-hybridized carbons (Fsp3) is 0.350. The number of nitrogens with one attached hydrogen (secondary N) is 1. The summed E-state index contributed by atoms with van der Waals surface area (Å²) in [5, 5.41) is 4.34. The van der Waals surface area contributed by atoms with Crippen molar-refractivity contribution in [3.8, 4) is 0 Å². The standard InChI is InChI=1S/C20H23Cl2N3O/c1-24-10-12-25(13-11-24)19-8-7-16(21)14-18(19)23-20(26)9-6-15-4-2-3-5-17(15)22/h2-5,7-8,14H,6,9-13H2,1H3,(H,23,26). The zero-order valence-corrected chi connectivity index (χ0v) is 16.4. The number of anilines is 2. The van der Waals surface area contributed by atoms with Gasteiger partial charge in [-0.1, -0.05) is 41.4 Å². The molecule has 1 fully saturated rings. The van der Waals surface area contributed by atoms with Crippen LogP contribution in [-0.4, -0.2) is 44.0 Å². The lowest BCUT2D eigenvalue weighted by atomic mass is 10.1. The number of amides is 1. The van der Waals surface area contributed by atoms with Crippen LogP contribution in [0.5, 0.6) is 0 Å². The van der Waals surface area contributed by atoms with E-state index in [1.165, 1.54) is 0 Å². The van der Waals surface area contributed by atoms with E-state index in [9.17, 15) is 4.79 Å². The number of hydrogen-bond acceptors (Lipinski definition) is 3. The van der Waals surface area contributed by atoms with Gasteiger partial charge in [0.2, 0.25) is 5.91 Å². The first-order valence-corrected chi connectivity index (χ1v) is 9.55. The molecular formula is C20H23Cl2N3O. The second-order valence-corrected chi connectivity index (χ2v) is 7.44. The molecule has 1 N–H and O–H groups in total. The summed E-state index contributed by atoms with van der Waals surface area (Å²) < 4.78 is 0. The molecule has 0 saturated carbocycles. The van der Waals surface area contributed by atoms with Crippen molar-refractivity contribution in [3.05, 3.63) is 58.1 Å². The summed E-state index contributed by atoms with van der Waals surface area (Å²) in [4.78, 5) is 17.1. The predicted octanol–water partition coefficient (Wildman–Crippen LogP) is 4.32. The van der Waals surface area contributed by atoms with E-state index in [4.69, 9.17) is 23.2 Å². The van der Waals surface area contributed by atoms with Crippen LogP contribution in [0.2, 0.25) is 10.0 Å². The van der Waals surface area contributed by atoms with Gasteiger partial charge in [0.05, 0.1) is 11.4 Å². The van der Waals surface area contributed by atoms with E-state index >= 15 is 0 Å². The first kappa shape index (κ1) is 19.0. The van der Waals surface area contributed by atoms with E-state index in [0.29, 0.717) is 22.9 Å². The Balaban J connectivity index is 1.67. The van der Waals surface area contributed by atoms with Crippen LogP contribution in [0.1, 0.15) is 12.0 Å². The lowest BCUT2D eigenvalue weighted by Gasteiger charge is -2.35. The number of halogens is 2. The molecular weight excluding hydrogens is 369 g/mol. The van der Waals surface area contributed by atoms with Gasteiger partial charge in [0.15, 0.2) is 0 Å². The normalized spacial score (nSPS) is 15.1. The highest BCUT2D eigenvalue weighted by molar-refractivity contribution is 6.31. The van der Waals surface area contributed by atoms with Crippen LogP contribution in [0.25, 0.3) is 0 Å². The summed E-state index contributed by atoms with van der Waals surface area (Å²) in [6.45, 7) is 3.87. The summed E-state index contributed by atoms with van der Waals surface area (Å²) in [7, 11) is 2.12. The van der Waals surface area contributed by atoms with Crippen molar-refractivity contribution in [1.82, 2.24) is 4.90 Å². The molecule has 1 heterocycles. The lowest BCUT2D eigenvalue weighted by Crippen LogP contribution is -2.44. The third-order valence-electron chi connectivity index (χ3n) is 4.66. The molecule has 0 aromatic heterocycles. The van der Waals surface area contributed by atoms with Crippen LogP contribution < -0.4 is 10.2 Å². The van der Waals surface area contributed by atoms with E-state index in [1.54, 1.807) is 0 Å². The van der Waals surface area contributed by atoms with E-state index in [1.807, 2.05) is 42.5 Å². The van der Waals surface area contributed by atoms with Gasteiger partial charge in [-0.15, -0.1) is 0 Å². The summed E-state index contributed by atoms with van der Waals surface area (Å²) in [6.07, 6.45) is 0.980. The molecule has 1 saturated heterocycles. The minimum absolute atomic E-state index is 0.0393. The molecule has 4 nitrogen and oxygen atoms in total. The zero-order chi connectivity index (χ0) is 18.5. The van der Waals surface area contributed by atoms with Crippen molar-refractivity contribution >= 4 is 40.5 Å². The second-order valence-electron chi connectivity index (χ2n) is 6.59. The maximum absolute atomic E-state index is 12.5. The van der Waals surface area contributed by atoms with E-state index in [0.717, 1.165) is 43.1 Å². The number of piperazine rings is 1. The van der Waals surface area contributed by atoms with Crippen molar-refractivity contribution in [2.24, 2.45) is 0 Å². The zero-order valence-electron chi connectivity index (χ0n) is 14.8. The molecule has 6 heteroatoms. The highest BCUT2D eigenvalue weighted by atomic mass is 35.5. The largest absolute Gasteiger partial charge is 0.367 e. The molecule has 1 aliphatic rings. The molecule has 26 heavy (non-hydrogen) atoms. The molecule has 3 rings (SSSR count). The molecule has 0 bridgehead atoms. The van der Waals surface area contributed by atoms with Crippen molar-refractivity contribution in [2.75, 3.05) is 43.4 Å². The second kappa shape index (κ2) is 8.76. The van der Waals surface area contributed by atoms with E-state index in [2.05, 4.69) is 22.2 Å². The maximum Gasteiger partial charge on any atom is 0.224 e. The Morgan fingerprint density at radius 2 is 1.81 bits per heavy atom. The molecule has 0 aliphatic carbocycles. The minimum atomic E-state index is -0.0393. The Morgan fingerprint density at radius 3 is 2.54 bits per heavy atom. The third-order valence-corrected chi connectivity index (χ3v) is 5.26. The maximum atomic E-state index is 12.5. The summed E-state index contributed by atoms with van der Waals surface area (Å²) in [5.41, 5.74) is 2.77. The highest BCUT2D eigenvalue weighted by Crippen LogP contribution is 2.30. The van der Waals surface area contributed by atoms with Gasteiger partial charge < -0.3 is 15.1 Å². The quantitative estimate of drug-likeness (QED) is 0.824. The Hall–Kier alpha value is -1.75. The molecule has 2 aromatic carbocycles. The number of hydrogen-bond donors (Lipinski definition) is 1. The fourth-order valence-electron chi connectivity index (χ4n) is 3.09. The number of likely N-dealkylation sites (N-methyl/N-ethyl adjacent to an activating group) is 1. The van der Waals surface area contributed by atoms with Crippen molar-refractivity contribution in [1.29, 1.82) is 0 Å². The fourth-order valence-corrected chi connectivity index (χ4v) is 3.50.